The number of nitrogens with zero attached hydrogens (tertiary/aromatic N) is 3. The molecule has 1 aliphatic heterocycles. The Labute approximate surface area is 163 Å². The number of amides is 1. The minimum absolute atomic E-state index is 0.0275. The number of thiophene rings is 1. The lowest BCUT2D eigenvalue weighted by Crippen LogP contribution is -2.46. The predicted octanol–water partition coefficient (Wildman–Crippen LogP) is 3.38. The molecular formula is C21H27N3O2S. The van der Waals surface area contributed by atoms with Crippen LogP contribution in [0.3, 0.4) is 0 Å². The van der Waals surface area contributed by atoms with Gasteiger partial charge in [-0.1, -0.05) is 19.3 Å². The van der Waals surface area contributed by atoms with Crippen LogP contribution in [0.25, 0.3) is 10.2 Å². The Bertz CT molecular complexity index is 931. The van der Waals surface area contributed by atoms with Crippen molar-refractivity contribution in [3.63, 3.8) is 0 Å². The molecule has 27 heavy (non-hydrogen) atoms. The zero-order chi connectivity index (χ0) is 18.4. The van der Waals surface area contributed by atoms with E-state index in [1.807, 2.05) is 4.90 Å². The average molecular weight is 386 g/mol. The topological polar surface area (TPSA) is 55.2 Å². The molecule has 5 rings (SSSR count). The third kappa shape index (κ3) is 3.12. The molecular weight excluding hydrogens is 358 g/mol. The SMILES string of the molecule is O=C(Cn1cnc2sc3c(c2c1=O)CCCC3)N1CC[C@H]2CCCC[C@@H]2C1. The van der Waals surface area contributed by atoms with Crippen LogP contribution in [-0.2, 0) is 24.2 Å². The van der Waals surface area contributed by atoms with Crippen LogP contribution in [0.1, 0.15) is 55.4 Å². The van der Waals surface area contributed by atoms with Gasteiger partial charge in [0.1, 0.15) is 11.4 Å². The molecule has 2 fully saturated rings. The summed E-state index contributed by atoms with van der Waals surface area (Å²) in [6, 6.07) is 0. The Morgan fingerprint density at radius 2 is 1.93 bits per heavy atom. The number of hydrogen-bond acceptors (Lipinski definition) is 4. The minimum Gasteiger partial charge on any atom is -0.341 e. The van der Waals surface area contributed by atoms with E-state index in [1.165, 1.54) is 42.5 Å². The van der Waals surface area contributed by atoms with Gasteiger partial charge in [-0.05, 0) is 55.9 Å². The van der Waals surface area contributed by atoms with Gasteiger partial charge in [0.2, 0.25) is 5.91 Å². The van der Waals surface area contributed by atoms with E-state index in [9.17, 15) is 9.59 Å². The highest BCUT2D eigenvalue weighted by molar-refractivity contribution is 7.18. The number of carbonyl (C=O) groups excluding carboxylic acids is 1. The van der Waals surface area contributed by atoms with Gasteiger partial charge < -0.3 is 4.90 Å². The molecule has 1 saturated carbocycles. The highest BCUT2D eigenvalue weighted by atomic mass is 32.1. The Balaban J connectivity index is 1.37. The van der Waals surface area contributed by atoms with E-state index in [4.69, 9.17) is 0 Å². The number of hydrogen-bond donors (Lipinski definition) is 0. The van der Waals surface area contributed by atoms with Crippen LogP contribution in [0.5, 0.6) is 0 Å². The predicted molar refractivity (Wildman–Crippen MR) is 107 cm³/mol. The van der Waals surface area contributed by atoms with Gasteiger partial charge in [-0.25, -0.2) is 4.98 Å². The Morgan fingerprint density at radius 3 is 2.81 bits per heavy atom. The Kier molecular flexibility index (Phi) is 4.54. The van der Waals surface area contributed by atoms with Crippen LogP contribution in [0.4, 0.5) is 0 Å². The second-order valence-corrected chi connectivity index (χ2v) is 9.59. The molecule has 0 spiro atoms. The zero-order valence-corrected chi connectivity index (χ0v) is 16.6. The van der Waals surface area contributed by atoms with Crippen LogP contribution in [0.2, 0.25) is 0 Å². The van der Waals surface area contributed by atoms with Gasteiger partial charge in [0, 0.05) is 18.0 Å². The van der Waals surface area contributed by atoms with E-state index in [1.54, 1.807) is 22.2 Å². The molecule has 0 bridgehead atoms. The first-order valence-corrected chi connectivity index (χ1v) is 11.3. The fraction of sp³-hybridized carbons (Fsp3) is 0.667. The van der Waals surface area contributed by atoms with Gasteiger partial charge in [-0.2, -0.15) is 0 Å². The van der Waals surface area contributed by atoms with E-state index in [0.717, 1.165) is 54.9 Å². The summed E-state index contributed by atoms with van der Waals surface area (Å²) in [7, 11) is 0. The molecule has 2 aromatic rings. The molecule has 3 heterocycles. The van der Waals surface area contributed by atoms with Gasteiger partial charge >= 0.3 is 0 Å². The number of piperidine rings is 1. The van der Waals surface area contributed by atoms with Gasteiger partial charge in [-0.15, -0.1) is 11.3 Å². The minimum atomic E-state index is -0.0275. The first-order chi connectivity index (χ1) is 13.2. The van der Waals surface area contributed by atoms with Crippen molar-refractivity contribution in [1.29, 1.82) is 0 Å². The van der Waals surface area contributed by atoms with Crippen molar-refractivity contribution in [3.8, 4) is 0 Å². The van der Waals surface area contributed by atoms with Crippen LogP contribution in [-0.4, -0.2) is 33.4 Å². The number of rotatable bonds is 2. The van der Waals surface area contributed by atoms with Crippen LogP contribution >= 0.6 is 11.3 Å². The zero-order valence-electron chi connectivity index (χ0n) is 15.8. The van der Waals surface area contributed by atoms with Crippen LogP contribution < -0.4 is 5.56 Å². The summed E-state index contributed by atoms with van der Waals surface area (Å²) in [5.74, 6) is 1.55. The molecule has 0 unspecified atom stereocenters. The fourth-order valence-corrected chi connectivity index (χ4v) is 6.59. The van der Waals surface area contributed by atoms with E-state index < -0.39 is 0 Å². The van der Waals surface area contributed by atoms with E-state index >= 15 is 0 Å². The molecule has 5 nitrogen and oxygen atoms in total. The summed E-state index contributed by atoms with van der Waals surface area (Å²) in [5.41, 5.74) is 1.17. The third-order valence-electron chi connectivity index (χ3n) is 6.89. The highest BCUT2D eigenvalue weighted by Gasteiger charge is 2.33. The van der Waals surface area contributed by atoms with Gasteiger partial charge in [-0.3, -0.25) is 14.2 Å². The lowest BCUT2D eigenvalue weighted by molar-refractivity contribution is -0.135. The maximum Gasteiger partial charge on any atom is 0.262 e. The molecule has 2 aliphatic carbocycles. The maximum absolute atomic E-state index is 13.1. The Morgan fingerprint density at radius 1 is 1.11 bits per heavy atom. The third-order valence-corrected chi connectivity index (χ3v) is 8.09. The summed E-state index contributed by atoms with van der Waals surface area (Å²) in [6.45, 7) is 1.85. The van der Waals surface area contributed by atoms with Crippen molar-refractivity contribution >= 4 is 27.5 Å². The number of likely N-dealkylation sites (tertiary alicyclic amines) is 1. The van der Waals surface area contributed by atoms with Crippen molar-refractivity contribution in [2.75, 3.05) is 13.1 Å². The number of aromatic nitrogens is 2. The van der Waals surface area contributed by atoms with Crippen molar-refractivity contribution < 1.29 is 4.79 Å². The second-order valence-electron chi connectivity index (χ2n) is 8.50. The molecule has 3 aliphatic rings. The summed E-state index contributed by atoms with van der Waals surface area (Å²) >= 11 is 1.66. The van der Waals surface area contributed by atoms with E-state index in [-0.39, 0.29) is 18.0 Å². The highest BCUT2D eigenvalue weighted by Crippen LogP contribution is 2.36. The van der Waals surface area contributed by atoms with Crippen molar-refractivity contribution in [2.24, 2.45) is 11.8 Å². The first kappa shape index (κ1) is 17.4. The average Bonchev–Trinajstić information content (AvgIpc) is 3.09. The summed E-state index contributed by atoms with van der Waals surface area (Å²) in [6.07, 6.45) is 12.3. The second kappa shape index (κ2) is 7.04. The molecule has 2 aromatic heterocycles. The quantitative estimate of drug-likeness (QED) is 0.796. The lowest BCUT2D eigenvalue weighted by atomic mass is 9.75. The summed E-state index contributed by atoms with van der Waals surface area (Å²) < 4.78 is 1.54. The summed E-state index contributed by atoms with van der Waals surface area (Å²) in [4.78, 5) is 34.6. The molecule has 0 aromatic carbocycles. The van der Waals surface area contributed by atoms with Crippen LogP contribution in [0.15, 0.2) is 11.1 Å². The molecule has 0 radical (unpaired) electrons. The molecule has 1 saturated heterocycles. The van der Waals surface area contributed by atoms with Gasteiger partial charge in [0.05, 0.1) is 11.7 Å². The Hall–Kier alpha value is -1.69. The molecule has 6 heteroatoms. The smallest absolute Gasteiger partial charge is 0.262 e. The van der Waals surface area contributed by atoms with Crippen molar-refractivity contribution in [3.05, 3.63) is 27.1 Å². The number of fused-ring (bicyclic) bond motifs is 4. The fourth-order valence-electron chi connectivity index (χ4n) is 5.37. The van der Waals surface area contributed by atoms with Crippen molar-refractivity contribution in [2.45, 2.75) is 64.3 Å². The monoisotopic (exact) mass is 385 g/mol. The molecule has 1 amide bonds. The summed E-state index contributed by atoms with van der Waals surface area (Å²) in [5, 5.41) is 0.774. The molecule has 144 valence electrons. The van der Waals surface area contributed by atoms with Gasteiger partial charge in [0.25, 0.3) is 5.56 Å². The normalized spacial score (nSPS) is 25.3. The molecule has 2 atom stereocenters. The maximum atomic E-state index is 13.1. The largest absolute Gasteiger partial charge is 0.341 e. The van der Waals surface area contributed by atoms with E-state index in [2.05, 4.69) is 4.98 Å². The van der Waals surface area contributed by atoms with Crippen LogP contribution in [0, 0.1) is 11.8 Å². The number of aryl methyl sites for hydroxylation is 2. The first-order valence-electron chi connectivity index (χ1n) is 10.5. The standard InChI is InChI=1S/C21H27N3O2S/c25-18(23-10-9-14-5-1-2-6-15(14)11-23)12-24-13-22-20-19(21(24)26)16-7-3-4-8-17(16)27-20/h13-15H,1-12H2/t14-,15-/m1/s1. The van der Waals surface area contributed by atoms with Gasteiger partial charge in [0.15, 0.2) is 0 Å². The lowest BCUT2D eigenvalue weighted by Gasteiger charge is -2.41. The molecule has 0 N–H and O–H groups in total. The van der Waals surface area contributed by atoms with E-state index in [0.29, 0.717) is 5.92 Å². The van der Waals surface area contributed by atoms with Crippen molar-refractivity contribution in [1.82, 2.24) is 14.5 Å². The number of carbonyl (C=O) groups is 1.